The zero-order chi connectivity index (χ0) is 16.1. The number of aromatic nitrogens is 2. The van der Waals surface area contributed by atoms with E-state index in [0.29, 0.717) is 23.7 Å². The molecule has 0 fully saturated rings. The van der Waals surface area contributed by atoms with E-state index in [4.69, 9.17) is 0 Å². The molecule has 116 valence electrons. The third-order valence-electron chi connectivity index (χ3n) is 3.19. The molecule has 0 N–H and O–H groups in total. The van der Waals surface area contributed by atoms with Crippen molar-refractivity contribution >= 4 is 22.2 Å². The smallest absolute Gasteiger partial charge is 0.343 e. The van der Waals surface area contributed by atoms with E-state index in [0.717, 1.165) is 11.3 Å². The Morgan fingerprint density at radius 3 is 2.68 bits per heavy atom. The van der Waals surface area contributed by atoms with Crippen molar-refractivity contribution in [1.82, 2.24) is 14.9 Å². The molecule has 0 aromatic carbocycles. The molecule has 0 spiro atoms. The molecule has 0 aliphatic rings. The van der Waals surface area contributed by atoms with E-state index < -0.39 is 4.92 Å². The lowest BCUT2D eigenvalue weighted by Gasteiger charge is -2.17. The SMILES string of the molecule is CCN(CC)C(=O)Cc1nc(-c2cccnc2)sc1[N+](=O)[O-]. The first-order valence-corrected chi connectivity index (χ1v) is 7.70. The Bertz CT molecular complexity index is 668. The Labute approximate surface area is 131 Å². The summed E-state index contributed by atoms with van der Waals surface area (Å²) in [6.45, 7) is 4.89. The van der Waals surface area contributed by atoms with Gasteiger partial charge in [0.1, 0.15) is 10.7 Å². The molecule has 0 saturated heterocycles. The molecule has 0 saturated carbocycles. The number of thiazole rings is 1. The van der Waals surface area contributed by atoms with Gasteiger partial charge in [0.25, 0.3) is 0 Å². The normalized spacial score (nSPS) is 10.5. The topological polar surface area (TPSA) is 89.2 Å². The Kier molecular flexibility index (Phi) is 5.16. The fraction of sp³-hybridized carbons (Fsp3) is 0.357. The summed E-state index contributed by atoms with van der Waals surface area (Å²) in [5.41, 5.74) is 0.919. The summed E-state index contributed by atoms with van der Waals surface area (Å²) in [4.78, 5) is 32.8. The molecule has 22 heavy (non-hydrogen) atoms. The van der Waals surface area contributed by atoms with E-state index in [9.17, 15) is 14.9 Å². The molecule has 0 bridgehead atoms. The lowest BCUT2D eigenvalue weighted by Crippen LogP contribution is -2.32. The molecule has 7 nitrogen and oxygen atoms in total. The lowest BCUT2D eigenvalue weighted by atomic mass is 10.2. The summed E-state index contributed by atoms with van der Waals surface area (Å²) in [6.07, 6.45) is 3.16. The van der Waals surface area contributed by atoms with Gasteiger partial charge in [-0.15, -0.1) is 0 Å². The number of hydrogen-bond acceptors (Lipinski definition) is 6. The molecular weight excluding hydrogens is 304 g/mol. The van der Waals surface area contributed by atoms with Crippen LogP contribution in [-0.4, -0.2) is 38.8 Å². The van der Waals surface area contributed by atoms with E-state index >= 15 is 0 Å². The molecule has 2 aromatic heterocycles. The number of amides is 1. The van der Waals surface area contributed by atoms with E-state index in [2.05, 4.69) is 9.97 Å². The number of nitro groups is 1. The van der Waals surface area contributed by atoms with Crippen LogP contribution in [0.5, 0.6) is 0 Å². The van der Waals surface area contributed by atoms with Crippen LogP contribution in [0.2, 0.25) is 0 Å². The summed E-state index contributed by atoms with van der Waals surface area (Å²) in [6, 6.07) is 3.52. The van der Waals surface area contributed by atoms with Gasteiger partial charge in [0.2, 0.25) is 5.91 Å². The molecule has 2 aromatic rings. The van der Waals surface area contributed by atoms with Crippen LogP contribution >= 0.6 is 11.3 Å². The maximum absolute atomic E-state index is 12.2. The van der Waals surface area contributed by atoms with Gasteiger partial charge >= 0.3 is 5.00 Å². The maximum Gasteiger partial charge on any atom is 0.348 e. The number of pyridine rings is 1. The minimum Gasteiger partial charge on any atom is -0.343 e. The summed E-state index contributed by atoms with van der Waals surface area (Å²) in [5, 5.41) is 11.6. The fourth-order valence-electron chi connectivity index (χ4n) is 2.05. The van der Waals surface area contributed by atoms with Crippen LogP contribution in [-0.2, 0) is 11.2 Å². The highest BCUT2D eigenvalue weighted by molar-refractivity contribution is 7.18. The second kappa shape index (κ2) is 7.08. The van der Waals surface area contributed by atoms with Crippen LogP contribution < -0.4 is 0 Å². The van der Waals surface area contributed by atoms with E-state index in [1.54, 1.807) is 29.4 Å². The fourth-order valence-corrected chi connectivity index (χ4v) is 2.93. The second-order valence-electron chi connectivity index (χ2n) is 4.51. The Balaban J connectivity index is 2.33. The first kappa shape index (κ1) is 16.0. The average Bonchev–Trinajstić information content (AvgIpc) is 2.93. The number of carbonyl (C=O) groups is 1. The molecule has 0 atom stereocenters. The molecule has 8 heteroatoms. The van der Waals surface area contributed by atoms with Crippen molar-refractivity contribution in [3.63, 3.8) is 0 Å². The van der Waals surface area contributed by atoms with E-state index in [-0.39, 0.29) is 23.0 Å². The van der Waals surface area contributed by atoms with E-state index in [1.165, 1.54) is 0 Å². The zero-order valence-corrected chi connectivity index (χ0v) is 13.2. The first-order valence-electron chi connectivity index (χ1n) is 6.89. The Morgan fingerprint density at radius 2 is 2.14 bits per heavy atom. The van der Waals surface area contributed by atoms with Crippen LogP contribution in [0.4, 0.5) is 5.00 Å². The first-order chi connectivity index (χ1) is 10.6. The van der Waals surface area contributed by atoms with Crippen LogP contribution in [0.15, 0.2) is 24.5 Å². The molecular formula is C14H16N4O3S. The molecule has 2 rings (SSSR count). The van der Waals surface area contributed by atoms with Crippen molar-refractivity contribution in [2.75, 3.05) is 13.1 Å². The molecule has 0 aliphatic heterocycles. The van der Waals surface area contributed by atoms with Crippen molar-refractivity contribution in [3.8, 4) is 10.6 Å². The summed E-state index contributed by atoms with van der Waals surface area (Å²) in [5.74, 6) is -0.156. The average molecular weight is 320 g/mol. The van der Waals surface area contributed by atoms with Crippen molar-refractivity contribution in [2.45, 2.75) is 20.3 Å². The number of nitrogens with zero attached hydrogens (tertiary/aromatic N) is 4. The number of rotatable bonds is 6. The third-order valence-corrected chi connectivity index (χ3v) is 4.28. The van der Waals surface area contributed by atoms with Crippen molar-refractivity contribution < 1.29 is 9.72 Å². The van der Waals surface area contributed by atoms with Crippen molar-refractivity contribution in [3.05, 3.63) is 40.3 Å². The van der Waals surface area contributed by atoms with Gasteiger partial charge in [-0.2, -0.15) is 0 Å². The standard InChI is InChI=1S/C14H16N4O3S/c1-3-17(4-2)12(19)8-11-14(18(20)21)22-13(16-11)10-6-5-7-15-9-10/h5-7,9H,3-4,8H2,1-2H3. The largest absolute Gasteiger partial charge is 0.348 e. The van der Waals surface area contributed by atoms with Gasteiger partial charge in [0, 0.05) is 31.0 Å². The summed E-state index contributed by atoms with van der Waals surface area (Å²) in [7, 11) is 0. The quantitative estimate of drug-likeness (QED) is 0.602. The Morgan fingerprint density at radius 1 is 1.41 bits per heavy atom. The highest BCUT2D eigenvalue weighted by atomic mass is 32.1. The van der Waals surface area contributed by atoms with Gasteiger partial charge in [-0.1, -0.05) is 0 Å². The van der Waals surface area contributed by atoms with Gasteiger partial charge in [-0.25, -0.2) is 4.98 Å². The monoisotopic (exact) mass is 320 g/mol. The van der Waals surface area contributed by atoms with Gasteiger partial charge in [0.15, 0.2) is 0 Å². The summed E-state index contributed by atoms with van der Waals surface area (Å²) < 4.78 is 0. The minimum atomic E-state index is -0.484. The van der Waals surface area contributed by atoms with Gasteiger partial charge < -0.3 is 4.90 Å². The molecule has 0 unspecified atom stereocenters. The molecule has 1 amide bonds. The predicted octanol–water partition coefficient (Wildman–Crippen LogP) is 2.52. The second-order valence-corrected chi connectivity index (χ2v) is 5.49. The number of carbonyl (C=O) groups excluding carboxylic acids is 1. The Hall–Kier alpha value is -2.35. The van der Waals surface area contributed by atoms with Crippen LogP contribution in [0.1, 0.15) is 19.5 Å². The molecule has 0 radical (unpaired) electrons. The van der Waals surface area contributed by atoms with Crippen LogP contribution in [0.25, 0.3) is 10.6 Å². The van der Waals surface area contributed by atoms with Gasteiger partial charge in [0.05, 0.1) is 11.3 Å². The van der Waals surface area contributed by atoms with Crippen molar-refractivity contribution in [1.29, 1.82) is 0 Å². The number of likely N-dealkylation sites (N-methyl/N-ethyl adjacent to an activating group) is 1. The summed E-state index contributed by atoms with van der Waals surface area (Å²) >= 11 is 0.969. The van der Waals surface area contributed by atoms with Crippen LogP contribution in [0.3, 0.4) is 0 Å². The predicted molar refractivity (Wildman–Crippen MR) is 83.6 cm³/mol. The van der Waals surface area contributed by atoms with Crippen molar-refractivity contribution in [2.24, 2.45) is 0 Å². The van der Waals surface area contributed by atoms with E-state index in [1.807, 2.05) is 13.8 Å². The van der Waals surface area contributed by atoms with Gasteiger partial charge in [-0.3, -0.25) is 19.9 Å². The minimum absolute atomic E-state index is 0.0608. The van der Waals surface area contributed by atoms with Crippen LogP contribution in [0, 0.1) is 10.1 Å². The number of hydrogen-bond donors (Lipinski definition) is 0. The molecule has 2 heterocycles. The maximum atomic E-state index is 12.2. The highest BCUT2D eigenvalue weighted by Crippen LogP contribution is 2.33. The van der Waals surface area contributed by atoms with Gasteiger partial charge in [-0.05, 0) is 37.3 Å². The lowest BCUT2D eigenvalue weighted by molar-refractivity contribution is -0.381. The highest BCUT2D eigenvalue weighted by Gasteiger charge is 2.25. The third kappa shape index (κ3) is 3.45. The zero-order valence-electron chi connectivity index (χ0n) is 12.4. The molecule has 0 aliphatic carbocycles.